The molecule has 0 spiro atoms. The minimum atomic E-state index is 0.636. The molecule has 78 valence electrons. The summed E-state index contributed by atoms with van der Waals surface area (Å²) in [6.07, 6.45) is 6.05. The first-order chi connectivity index (χ1) is 7.45. The molecule has 3 heteroatoms. The third-order valence-corrected chi connectivity index (χ3v) is 3.16. The molecule has 0 radical (unpaired) electrons. The van der Waals surface area contributed by atoms with Crippen LogP contribution in [0.1, 0.15) is 24.3 Å². The second-order valence-electron chi connectivity index (χ2n) is 4.07. The number of piperidine rings is 1. The molecule has 0 unspecified atom stereocenters. The summed E-state index contributed by atoms with van der Waals surface area (Å²) in [5.41, 5.74) is 2.10. The van der Waals surface area contributed by atoms with Gasteiger partial charge in [0.25, 0.3) is 0 Å². The first-order valence-corrected chi connectivity index (χ1v) is 5.48. The number of furan rings is 1. The number of hydrogen-bond donors (Lipinski definition) is 1. The van der Waals surface area contributed by atoms with E-state index in [0.717, 1.165) is 18.8 Å². The van der Waals surface area contributed by atoms with E-state index in [2.05, 4.69) is 16.4 Å². The molecule has 3 heterocycles. The first kappa shape index (κ1) is 8.92. The van der Waals surface area contributed by atoms with E-state index >= 15 is 0 Å². The molecule has 0 aliphatic carbocycles. The van der Waals surface area contributed by atoms with Crippen LogP contribution in [0.5, 0.6) is 0 Å². The highest BCUT2D eigenvalue weighted by atomic mass is 16.3. The molecule has 2 aromatic rings. The number of hydrogen-bond acceptors (Lipinski definition) is 3. The Labute approximate surface area is 88.5 Å². The Kier molecular flexibility index (Phi) is 2.18. The normalized spacial score (nSPS) is 18.4. The van der Waals surface area contributed by atoms with Gasteiger partial charge in [-0.15, -0.1) is 0 Å². The van der Waals surface area contributed by atoms with Crippen LogP contribution in [0.2, 0.25) is 0 Å². The van der Waals surface area contributed by atoms with Crippen LogP contribution in [0.15, 0.2) is 29.0 Å². The summed E-state index contributed by atoms with van der Waals surface area (Å²) in [5.74, 6) is 0.636. The maximum atomic E-state index is 5.47. The monoisotopic (exact) mass is 202 g/mol. The lowest BCUT2D eigenvalue weighted by molar-refractivity contribution is 0.457. The van der Waals surface area contributed by atoms with Crippen molar-refractivity contribution < 1.29 is 4.42 Å². The minimum Gasteiger partial charge on any atom is -0.446 e. The first-order valence-electron chi connectivity index (χ1n) is 5.48. The van der Waals surface area contributed by atoms with Crippen LogP contribution in [0, 0.1) is 0 Å². The van der Waals surface area contributed by atoms with E-state index in [9.17, 15) is 0 Å². The summed E-state index contributed by atoms with van der Waals surface area (Å²) >= 11 is 0. The van der Waals surface area contributed by atoms with E-state index in [-0.39, 0.29) is 0 Å². The summed E-state index contributed by atoms with van der Waals surface area (Å²) in [7, 11) is 0. The SMILES string of the molecule is c1cnc2occ(C3CCNCC3)c2c1. The Morgan fingerprint density at radius 3 is 3.07 bits per heavy atom. The lowest BCUT2D eigenvalue weighted by Crippen LogP contribution is -2.26. The second kappa shape index (κ2) is 3.66. The minimum absolute atomic E-state index is 0.636. The number of pyridine rings is 1. The van der Waals surface area contributed by atoms with Crippen molar-refractivity contribution in [3.8, 4) is 0 Å². The molecular weight excluding hydrogens is 188 g/mol. The summed E-state index contributed by atoms with van der Waals surface area (Å²) in [6.45, 7) is 2.22. The Morgan fingerprint density at radius 1 is 1.33 bits per heavy atom. The topological polar surface area (TPSA) is 38.1 Å². The molecular formula is C12H14N2O. The van der Waals surface area contributed by atoms with Crippen LogP contribution in [0.3, 0.4) is 0 Å². The van der Waals surface area contributed by atoms with Gasteiger partial charge in [0.15, 0.2) is 0 Å². The fourth-order valence-corrected chi connectivity index (χ4v) is 2.34. The summed E-state index contributed by atoms with van der Waals surface area (Å²) < 4.78 is 5.47. The van der Waals surface area contributed by atoms with Crippen molar-refractivity contribution >= 4 is 11.1 Å². The highest BCUT2D eigenvalue weighted by Crippen LogP contribution is 2.31. The summed E-state index contributed by atoms with van der Waals surface area (Å²) in [6, 6.07) is 4.08. The van der Waals surface area contributed by atoms with Gasteiger partial charge >= 0.3 is 0 Å². The molecule has 3 rings (SSSR count). The molecule has 0 saturated carbocycles. The Morgan fingerprint density at radius 2 is 2.20 bits per heavy atom. The Bertz CT molecular complexity index is 457. The van der Waals surface area contributed by atoms with E-state index in [4.69, 9.17) is 4.42 Å². The van der Waals surface area contributed by atoms with Gasteiger partial charge in [-0.1, -0.05) is 0 Å². The number of nitrogens with one attached hydrogen (secondary N) is 1. The van der Waals surface area contributed by atoms with Crippen molar-refractivity contribution in [1.29, 1.82) is 0 Å². The van der Waals surface area contributed by atoms with Gasteiger partial charge in [-0.25, -0.2) is 4.98 Å². The van der Waals surface area contributed by atoms with Gasteiger partial charge in [-0.2, -0.15) is 0 Å². The zero-order chi connectivity index (χ0) is 10.1. The highest BCUT2D eigenvalue weighted by molar-refractivity contribution is 5.77. The number of aromatic nitrogens is 1. The van der Waals surface area contributed by atoms with E-state index in [1.54, 1.807) is 6.20 Å². The quantitative estimate of drug-likeness (QED) is 0.771. The summed E-state index contributed by atoms with van der Waals surface area (Å²) in [5, 5.41) is 4.56. The lowest BCUT2D eigenvalue weighted by atomic mass is 9.90. The Hall–Kier alpha value is -1.35. The van der Waals surface area contributed by atoms with Crippen LogP contribution < -0.4 is 5.32 Å². The predicted octanol–water partition coefficient (Wildman–Crippen LogP) is 2.29. The zero-order valence-corrected chi connectivity index (χ0v) is 8.57. The van der Waals surface area contributed by atoms with Gasteiger partial charge in [0.2, 0.25) is 5.71 Å². The van der Waals surface area contributed by atoms with E-state index in [1.807, 2.05) is 12.3 Å². The maximum Gasteiger partial charge on any atom is 0.226 e. The predicted molar refractivity (Wildman–Crippen MR) is 58.9 cm³/mol. The molecule has 0 atom stereocenters. The van der Waals surface area contributed by atoms with Crippen LogP contribution in [0.25, 0.3) is 11.1 Å². The second-order valence-corrected chi connectivity index (χ2v) is 4.07. The molecule has 0 bridgehead atoms. The molecule has 0 amide bonds. The molecule has 0 aromatic carbocycles. The van der Waals surface area contributed by atoms with Gasteiger partial charge in [0, 0.05) is 17.1 Å². The van der Waals surface area contributed by atoms with E-state index < -0.39 is 0 Å². The molecule has 2 aromatic heterocycles. The fraction of sp³-hybridized carbons (Fsp3) is 0.417. The van der Waals surface area contributed by atoms with Crippen molar-refractivity contribution in [2.45, 2.75) is 18.8 Å². The average molecular weight is 202 g/mol. The molecule has 1 aliphatic rings. The highest BCUT2D eigenvalue weighted by Gasteiger charge is 2.19. The van der Waals surface area contributed by atoms with E-state index in [0.29, 0.717) is 5.92 Å². The van der Waals surface area contributed by atoms with Gasteiger partial charge in [0.1, 0.15) is 0 Å². The molecule has 1 fully saturated rings. The van der Waals surface area contributed by atoms with Gasteiger partial charge in [0.05, 0.1) is 6.26 Å². The number of nitrogens with zero attached hydrogens (tertiary/aromatic N) is 1. The largest absolute Gasteiger partial charge is 0.446 e. The smallest absolute Gasteiger partial charge is 0.226 e. The van der Waals surface area contributed by atoms with Crippen LogP contribution in [0.4, 0.5) is 0 Å². The van der Waals surface area contributed by atoms with Gasteiger partial charge in [-0.3, -0.25) is 0 Å². The van der Waals surface area contributed by atoms with Crippen molar-refractivity contribution in [1.82, 2.24) is 10.3 Å². The molecule has 1 N–H and O–H groups in total. The average Bonchev–Trinajstić information content (AvgIpc) is 2.74. The van der Waals surface area contributed by atoms with Crippen LogP contribution >= 0.6 is 0 Å². The van der Waals surface area contributed by atoms with Gasteiger partial charge < -0.3 is 9.73 Å². The standard InChI is InChI=1S/C12H14N2O/c1-2-10-11(8-15-12(10)14-5-1)9-3-6-13-7-4-9/h1-2,5,8-9,13H,3-4,6-7H2. The summed E-state index contributed by atoms with van der Waals surface area (Å²) in [4.78, 5) is 4.21. The molecule has 3 nitrogen and oxygen atoms in total. The van der Waals surface area contributed by atoms with Crippen LogP contribution in [-0.4, -0.2) is 18.1 Å². The van der Waals surface area contributed by atoms with Gasteiger partial charge in [-0.05, 0) is 44.0 Å². The van der Waals surface area contributed by atoms with Crippen molar-refractivity contribution in [3.05, 3.63) is 30.2 Å². The third kappa shape index (κ3) is 1.53. The lowest BCUT2D eigenvalue weighted by Gasteiger charge is -2.21. The van der Waals surface area contributed by atoms with Crippen LogP contribution in [-0.2, 0) is 0 Å². The van der Waals surface area contributed by atoms with Crippen molar-refractivity contribution in [2.24, 2.45) is 0 Å². The third-order valence-electron chi connectivity index (χ3n) is 3.16. The zero-order valence-electron chi connectivity index (χ0n) is 8.57. The fourth-order valence-electron chi connectivity index (χ4n) is 2.34. The maximum absolute atomic E-state index is 5.47. The molecule has 1 saturated heterocycles. The van der Waals surface area contributed by atoms with Crippen molar-refractivity contribution in [2.75, 3.05) is 13.1 Å². The molecule has 15 heavy (non-hydrogen) atoms. The number of rotatable bonds is 1. The van der Waals surface area contributed by atoms with E-state index in [1.165, 1.54) is 23.8 Å². The number of fused-ring (bicyclic) bond motifs is 1. The molecule has 1 aliphatic heterocycles. The Balaban J connectivity index is 2.02. The van der Waals surface area contributed by atoms with Crippen molar-refractivity contribution in [3.63, 3.8) is 0 Å².